The lowest BCUT2D eigenvalue weighted by Crippen LogP contribution is -2.02. The molecule has 0 saturated carbocycles. The highest BCUT2D eigenvalue weighted by Gasteiger charge is 2.21. The molecule has 0 amide bonds. The van der Waals surface area contributed by atoms with Crippen LogP contribution in [-0.2, 0) is 0 Å². The van der Waals surface area contributed by atoms with Crippen LogP contribution in [0.5, 0.6) is 5.75 Å². The molecule has 6 nitrogen and oxygen atoms in total. The third-order valence-corrected chi connectivity index (χ3v) is 4.48. The maximum atomic E-state index is 12.9. The number of ketones is 1. The Hall–Kier alpha value is -3.67. The predicted octanol–water partition coefficient (Wildman–Crippen LogP) is 4.72. The number of aromatic hydroxyl groups is 1. The summed E-state index contributed by atoms with van der Waals surface area (Å²) in [6, 6.07) is 17.8. The van der Waals surface area contributed by atoms with Gasteiger partial charge in [0.05, 0.1) is 5.56 Å². The van der Waals surface area contributed by atoms with Crippen molar-refractivity contribution in [2.75, 3.05) is 0 Å². The summed E-state index contributed by atoms with van der Waals surface area (Å²) < 4.78 is 7.78. The molecule has 1 N–H and O–H groups in total. The number of phenols is 1. The molecule has 2 heterocycles. The van der Waals surface area contributed by atoms with E-state index in [9.17, 15) is 9.90 Å². The number of carbonyl (C=O) groups is 1. The fourth-order valence-electron chi connectivity index (χ4n) is 3.05. The minimum atomic E-state index is -0.262. The van der Waals surface area contributed by atoms with Crippen molar-refractivity contribution in [1.29, 1.82) is 0 Å². The average molecular weight is 373 g/mol. The van der Waals surface area contributed by atoms with Gasteiger partial charge in [0.25, 0.3) is 5.89 Å². The molecule has 2 aromatic heterocycles. The Kier molecular flexibility index (Phi) is 4.53. The van der Waals surface area contributed by atoms with Gasteiger partial charge in [-0.15, -0.1) is 10.2 Å². The van der Waals surface area contributed by atoms with Crippen LogP contribution in [0.2, 0.25) is 0 Å². The Morgan fingerprint density at radius 2 is 1.68 bits per heavy atom. The van der Waals surface area contributed by atoms with Gasteiger partial charge in [-0.25, -0.2) is 0 Å². The summed E-state index contributed by atoms with van der Waals surface area (Å²) in [6.07, 6.45) is 1.75. The molecule has 0 fully saturated rings. The molecule has 28 heavy (non-hydrogen) atoms. The zero-order valence-corrected chi connectivity index (χ0v) is 15.5. The molecule has 0 aliphatic carbocycles. The lowest BCUT2D eigenvalue weighted by molar-refractivity contribution is 0.103. The number of aromatic nitrogens is 3. The highest BCUT2D eigenvalue weighted by molar-refractivity contribution is 6.11. The van der Waals surface area contributed by atoms with E-state index in [1.165, 1.54) is 6.07 Å². The van der Waals surface area contributed by atoms with Crippen molar-refractivity contribution >= 4 is 5.78 Å². The van der Waals surface area contributed by atoms with Crippen molar-refractivity contribution in [2.24, 2.45) is 0 Å². The van der Waals surface area contributed by atoms with Gasteiger partial charge < -0.3 is 14.1 Å². The second-order valence-corrected chi connectivity index (χ2v) is 6.74. The summed E-state index contributed by atoms with van der Waals surface area (Å²) in [5.41, 5.74) is 2.19. The van der Waals surface area contributed by atoms with Crippen molar-refractivity contribution in [3.8, 4) is 28.8 Å². The van der Waals surface area contributed by atoms with Crippen LogP contribution >= 0.6 is 0 Å². The van der Waals surface area contributed by atoms with Gasteiger partial charge in [0.15, 0.2) is 5.78 Å². The van der Waals surface area contributed by atoms with E-state index < -0.39 is 0 Å². The van der Waals surface area contributed by atoms with Gasteiger partial charge >= 0.3 is 0 Å². The molecule has 0 bridgehead atoms. The van der Waals surface area contributed by atoms with E-state index in [1.807, 2.05) is 48.7 Å². The Labute approximate surface area is 162 Å². The quantitative estimate of drug-likeness (QED) is 0.512. The Morgan fingerprint density at radius 1 is 1.00 bits per heavy atom. The largest absolute Gasteiger partial charge is 0.507 e. The van der Waals surface area contributed by atoms with Crippen LogP contribution in [0.4, 0.5) is 0 Å². The van der Waals surface area contributed by atoms with Crippen molar-refractivity contribution in [1.82, 2.24) is 14.8 Å². The summed E-state index contributed by atoms with van der Waals surface area (Å²) in [7, 11) is 0. The lowest BCUT2D eigenvalue weighted by Gasteiger charge is -2.09. The first-order valence-corrected chi connectivity index (χ1v) is 8.98. The maximum Gasteiger partial charge on any atom is 0.264 e. The van der Waals surface area contributed by atoms with Gasteiger partial charge in [-0.3, -0.25) is 4.79 Å². The van der Waals surface area contributed by atoms with E-state index in [0.29, 0.717) is 23.0 Å². The fourth-order valence-corrected chi connectivity index (χ4v) is 3.05. The molecule has 0 aliphatic rings. The van der Waals surface area contributed by atoms with E-state index in [4.69, 9.17) is 4.42 Å². The van der Waals surface area contributed by atoms with Crippen molar-refractivity contribution in [3.63, 3.8) is 0 Å². The van der Waals surface area contributed by atoms with E-state index in [-0.39, 0.29) is 23.1 Å². The molecule has 0 spiro atoms. The number of para-hydroxylation sites is 1. The third kappa shape index (κ3) is 3.20. The van der Waals surface area contributed by atoms with Crippen molar-refractivity contribution in [2.45, 2.75) is 19.9 Å². The zero-order chi connectivity index (χ0) is 19.7. The van der Waals surface area contributed by atoms with Gasteiger partial charge in [-0.2, -0.15) is 0 Å². The van der Waals surface area contributed by atoms with E-state index >= 15 is 0 Å². The normalized spacial score (nSPS) is 11.1. The second-order valence-electron chi connectivity index (χ2n) is 6.74. The van der Waals surface area contributed by atoms with Gasteiger partial charge in [-0.05, 0) is 44.2 Å². The van der Waals surface area contributed by atoms with Crippen LogP contribution in [0.15, 0.2) is 71.3 Å². The third-order valence-electron chi connectivity index (χ3n) is 4.48. The summed E-state index contributed by atoms with van der Waals surface area (Å²) in [5, 5.41) is 18.3. The molecule has 0 radical (unpaired) electrons. The Balaban J connectivity index is 1.75. The number of hydrogen-bond acceptors (Lipinski definition) is 5. The molecular formula is C22H19N3O3. The summed E-state index contributed by atoms with van der Waals surface area (Å²) >= 11 is 0. The summed E-state index contributed by atoms with van der Waals surface area (Å²) in [4.78, 5) is 12.9. The van der Waals surface area contributed by atoms with Crippen molar-refractivity contribution < 1.29 is 14.3 Å². The molecule has 4 aromatic rings. The zero-order valence-electron chi connectivity index (χ0n) is 15.5. The summed E-state index contributed by atoms with van der Waals surface area (Å²) in [5.74, 6) is 0.446. The highest BCUT2D eigenvalue weighted by atomic mass is 16.4. The van der Waals surface area contributed by atoms with Crippen LogP contribution in [0.25, 0.3) is 23.0 Å². The molecule has 0 aliphatic heterocycles. The number of benzene rings is 2. The molecule has 2 aromatic carbocycles. The first-order valence-electron chi connectivity index (χ1n) is 8.98. The molecule has 140 valence electrons. The van der Waals surface area contributed by atoms with Gasteiger partial charge in [0.1, 0.15) is 11.4 Å². The van der Waals surface area contributed by atoms with E-state index in [1.54, 1.807) is 30.5 Å². The smallest absolute Gasteiger partial charge is 0.264 e. The van der Waals surface area contributed by atoms with Gasteiger partial charge in [0, 0.05) is 23.4 Å². The van der Waals surface area contributed by atoms with Crippen LogP contribution in [0, 0.1) is 0 Å². The topological polar surface area (TPSA) is 81.2 Å². The van der Waals surface area contributed by atoms with E-state index in [0.717, 1.165) is 5.56 Å². The highest BCUT2D eigenvalue weighted by Crippen LogP contribution is 2.29. The average Bonchev–Trinajstić information content (AvgIpc) is 3.36. The SMILES string of the molecule is CC(C)n1cc(C(=O)c2ccccc2O)cc1-c1nnc(-c2ccccc2)o1. The molecule has 6 heteroatoms. The maximum absolute atomic E-state index is 12.9. The standard InChI is InChI=1S/C22H19N3O3/c1-14(2)25-13-16(20(27)17-10-6-7-11-19(17)26)12-18(25)22-24-23-21(28-22)15-8-4-3-5-9-15/h3-14,26H,1-2H3. The Bertz CT molecular complexity index is 1130. The Morgan fingerprint density at radius 3 is 2.39 bits per heavy atom. The first-order chi connectivity index (χ1) is 13.5. The monoisotopic (exact) mass is 373 g/mol. The van der Waals surface area contributed by atoms with E-state index in [2.05, 4.69) is 10.2 Å². The van der Waals surface area contributed by atoms with Crippen LogP contribution < -0.4 is 0 Å². The second kappa shape index (κ2) is 7.15. The molecule has 0 saturated heterocycles. The number of rotatable bonds is 5. The number of phenolic OH excluding ortho intramolecular Hbond substituents is 1. The predicted molar refractivity (Wildman–Crippen MR) is 105 cm³/mol. The minimum absolute atomic E-state index is 0.0458. The fraction of sp³-hybridized carbons (Fsp3) is 0.136. The molecular weight excluding hydrogens is 354 g/mol. The van der Waals surface area contributed by atoms with Crippen LogP contribution in [0.3, 0.4) is 0 Å². The molecule has 0 atom stereocenters. The lowest BCUT2D eigenvalue weighted by atomic mass is 10.0. The molecule has 4 rings (SSSR count). The van der Waals surface area contributed by atoms with Crippen LogP contribution in [0.1, 0.15) is 35.8 Å². The van der Waals surface area contributed by atoms with Gasteiger partial charge in [-0.1, -0.05) is 30.3 Å². The number of hydrogen-bond donors (Lipinski definition) is 1. The van der Waals surface area contributed by atoms with Crippen molar-refractivity contribution in [3.05, 3.63) is 78.0 Å². The number of nitrogens with zero attached hydrogens (tertiary/aromatic N) is 3. The summed E-state index contributed by atoms with van der Waals surface area (Å²) in [6.45, 7) is 4.01. The van der Waals surface area contributed by atoms with Gasteiger partial charge in [0.2, 0.25) is 5.89 Å². The number of carbonyl (C=O) groups excluding carboxylic acids is 1. The van der Waals surface area contributed by atoms with Crippen LogP contribution in [-0.4, -0.2) is 25.7 Å². The first kappa shape index (κ1) is 17.7. The molecule has 0 unspecified atom stereocenters. The minimum Gasteiger partial charge on any atom is -0.507 e.